The highest BCUT2D eigenvalue weighted by Crippen LogP contribution is 2.28. The van der Waals surface area contributed by atoms with E-state index >= 15 is 0 Å². The molecule has 0 radical (unpaired) electrons. The molecule has 2 amide bonds. The Morgan fingerprint density at radius 1 is 0.929 bits per heavy atom. The third-order valence-corrected chi connectivity index (χ3v) is 9.86. The lowest BCUT2D eigenvalue weighted by molar-refractivity contribution is -0.140. The van der Waals surface area contributed by atoms with Crippen LogP contribution < -0.4 is 9.62 Å². The minimum Gasteiger partial charge on any atom is -0.352 e. The summed E-state index contributed by atoms with van der Waals surface area (Å²) in [5.74, 6) is -0.724. The number of anilines is 1. The molecule has 0 heterocycles. The van der Waals surface area contributed by atoms with Gasteiger partial charge in [0.05, 0.1) is 10.6 Å². The molecule has 0 spiro atoms. The lowest BCUT2D eigenvalue weighted by Gasteiger charge is -2.34. The van der Waals surface area contributed by atoms with Crippen LogP contribution in [0.25, 0.3) is 0 Å². The number of carbonyl (C=O) groups excluding carboxylic acids is 2. The van der Waals surface area contributed by atoms with Crippen molar-refractivity contribution in [3.05, 3.63) is 94.0 Å². The molecule has 0 unspecified atom stereocenters. The maximum absolute atomic E-state index is 14.2. The zero-order chi connectivity index (χ0) is 30.3. The molecule has 0 bridgehead atoms. The van der Waals surface area contributed by atoms with Gasteiger partial charge in [-0.05, 0) is 74.2 Å². The van der Waals surface area contributed by atoms with E-state index in [0.717, 1.165) is 47.5 Å². The number of benzene rings is 3. The van der Waals surface area contributed by atoms with Crippen LogP contribution in [0, 0.1) is 6.92 Å². The Labute approximate surface area is 258 Å². The summed E-state index contributed by atoms with van der Waals surface area (Å²) in [6, 6.07) is 19.1. The average molecular weight is 631 g/mol. The number of nitrogens with zero attached hydrogens (tertiary/aromatic N) is 2. The second kappa shape index (κ2) is 14.4. The Morgan fingerprint density at radius 2 is 1.60 bits per heavy atom. The summed E-state index contributed by atoms with van der Waals surface area (Å²) < 4.78 is 28.9. The first kappa shape index (κ1) is 31.9. The van der Waals surface area contributed by atoms with Crippen molar-refractivity contribution in [2.75, 3.05) is 10.8 Å². The molecule has 1 aliphatic rings. The molecule has 3 aromatic rings. The van der Waals surface area contributed by atoms with Gasteiger partial charge in [-0.3, -0.25) is 13.9 Å². The number of hydrogen-bond acceptors (Lipinski definition) is 4. The number of hydrogen-bond donors (Lipinski definition) is 1. The molecule has 0 saturated heterocycles. The van der Waals surface area contributed by atoms with Crippen molar-refractivity contribution in [1.82, 2.24) is 10.2 Å². The van der Waals surface area contributed by atoms with Crippen LogP contribution in [0.5, 0.6) is 0 Å². The van der Waals surface area contributed by atoms with Crippen molar-refractivity contribution in [3.8, 4) is 0 Å². The van der Waals surface area contributed by atoms with Crippen LogP contribution in [0.4, 0.5) is 5.69 Å². The minimum atomic E-state index is -4.20. The number of amides is 2. The van der Waals surface area contributed by atoms with Crippen molar-refractivity contribution in [2.45, 2.75) is 75.9 Å². The second-order valence-electron chi connectivity index (χ2n) is 10.7. The summed E-state index contributed by atoms with van der Waals surface area (Å²) in [7, 11) is -4.20. The Kier molecular flexibility index (Phi) is 10.9. The topological polar surface area (TPSA) is 86.8 Å². The third kappa shape index (κ3) is 8.06. The number of nitrogens with one attached hydrogen (secondary N) is 1. The molecule has 1 saturated carbocycles. The zero-order valence-electron chi connectivity index (χ0n) is 23.9. The minimum absolute atomic E-state index is 0.0214. The molecule has 1 fully saturated rings. The molecule has 0 aromatic heterocycles. The van der Waals surface area contributed by atoms with Gasteiger partial charge in [0.2, 0.25) is 11.8 Å². The molecule has 0 aliphatic heterocycles. The van der Waals surface area contributed by atoms with Crippen molar-refractivity contribution >= 4 is 50.7 Å². The van der Waals surface area contributed by atoms with Gasteiger partial charge in [-0.2, -0.15) is 0 Å². The maximum atomic E-state index is 14.2. The second-order valence-corrected chi connectivity index (χ2v) is 13.5. The van der Waals surface area contributed by atoms with Crippen LogP contribution in [0.1, 0.15) is 56.6 Å². The van der Waals surface area contributed by atoms with Gasteiger partial charge < -0.3 is 10.2 Å². The molecule has 224 valence electrons. The number of carbonyl (C=O) groups is 2. The summed E-state index contributed by atoms with van der Waals surface area (Å²) in [4.78, 5) is 29.3. The first-order valence-electron chi connectivity index (χ1n) is 14.3. The maximum Gasteiger partial charge on any atom is 0.264 e. The Balaban J connectivity index is 1.70. The van der Waals surface area contributed by atoms with E-state index in [1.165, 1.54) is 35.2 Å². The Bertz CT molecular complexity index is 1470. The highest BCUT2D eigenvalue weighted by Gasteiger charge is 2.34. The Morgan fingerprint density at radius 3 is 2.21 bits per heavy atom. The number of rotatable bonds is 11. The summed E-state index contributed by atoms with van der Waals surface area (Å²) in [6.07, 6.45) is 5.47. The quantitative estimate of drug-likeness (QED) is 0.254. The standard InChI is InChI=1S/C32H37Cl2N3O4S/c1-3-30(32(39)35-27-9-5-4-6-10-27)36(21-24-14-12-23(2)13-15-24)31(38)22-37(28-11-7-8-26(34)20-28)42(40,41)29-18-16-25(33)17-19-29/h7-8,11-20,27,30H,3-6,9-10,21-22H2,1-2H3,(H,35,39)/t30-/m1/s1. The molecule has 3 aromatic carbocycles. The van der Waals surface area contributed by atoms with E-state index in [9.17, 15) is 18.0 Å². The van der Waals surface area contributed by atoms with E-state index in [0.29, 0.717) is 16.5 Å². The first-order chi connectivity index (χ1) is 20.1. The molecule has 4 rings (SSSR count). The smallest absolute Gasteiger partial charge is 0.264 e. The summed E-state index contributed by atoms with van der Waals surface area (Å²) >= 11 is 12.3. The van der Waals surface area contributed by atoms with Crippen LogP contribution in [-0.4, -0.2) is 43.8 Å². The van der Waals surface area contributed by atoms with Crippen molar-refractivity contribution in [2.24, 2.45) is 0 Å². The third-order valence-electron chi connectivity index (χ3n) is 7.59. The summed E-state index contributed by atoms with van der Waals surface area (Å²) in [5.41, 5.74) is 2.15. The normalized spacial score (nSPS) is 14.7. The Hall–Kier alpha value is -3.07. The monoisotopic (exact) mass is 629 g/mol. The fourth-order valence-corrected chi connectivity index (χ4v) is 6.96. The highest BCUT2D eigenvalue weighted by atomic mass is 35.5. The molecule has 10 heteroatoms. The zero-order valence-corrected chi connectivity index (χ0v) is 26.3. The van der Waals surface area contributed by atoms with Gasteiger partial charge in [-0.1, -0.05) is 85.3 Å². The molecule has 1 aliphatic carbocycles. The van der Waals surface area contributed by atoms with Crippen molar-refractivity contribution in [1.29, 1.82) is 0 Å². The van der Waals surface area contributed by atoms with E-state index in [2.05, 4.69) is 5.32 Å². The molecule has 1 atom stereocenters. The van der Waals surface area contributed by atoms with E-state index in [1.54, 1.807) is 18.2 Å². The fourth-order valence-electron chi connectivity index (χ4n) is 5.25. The number of aryl methyl sites for hydroxylation is 1. The molecular formula is C32H37Cl2N3O4S. The molecule has 1 N–H and O–H groups in total. The van der Waals surface area contributed by atoms with Gasteiger partial charge in [-0.15, -0.1) is 0 Å². The molecular weight excluding hydrogens is 593 g/mol. The van der Waals surface area contributed by atoms with Gasteiger partial charge in [0, 0.05) is 22.6 Å². The van der Waals surface area contributed by atoms with Gasteiger partial charge in [0.1, 0.15) is 12.6 Å². The SMILES string of the molecule is CC[C@H](C(=O)NC1CCCCC1)N(Cc1ccc(C)cc1)C(=O)CN(c1cccc(Cl)c1)S(=O)(=O)c1ccc(Cl)cc1. The van der Waals surface area contributed by atoms with Gasteiger partial charge >= 0.3 is 0 Å². The summed E-state index contributed by atoms with van der Waals surface area (Å²) in [5, 5.41) is 3.87. The lowest BCUT2D eigenvalue weighted by Crippen LogP contribution is -2.54. The lowest BCUT2D eigenvalue weighted by atomic mass is 9.95. The van der Waals surface area contributed by atoms with Gasteiger partial charge in [0.15, 0.2) is 0 Å². The predicted molar refractivity (Wildman–Crippen MR) is 168 cm³/mol. The van der Waals surface area contributed by atoms with Crippen LogP contribution in [-0.2, 0) is 26.2 Å². The fraction of sp³-hybridized carbons (Fsp3) is 0.375. The average Bonchev–Trinajstić information content (AvgIpc) is 2.97. The van der Waals surface area contributed by atoms with Gasteiger partial charge in [-0.25, -0.2) is 8.42 Å². The van der Waals surface area contributed by atoms with E-state index in [-0.39, 0.29) is 29.1 Å². The number of halogens is 2. The molecule has 7 nitrogen and oxygen atoms in total. The largest absolute Gasteiger partial charge is 0.352 e. The van der Waals surface area contributed by atoms with Gasteiger partial charge in [0.25, 0.3) is 10.0 Å². The van der Waals surface area contributed by atoms with Crippen molar-refractivity contribution < 1.29 is 18.0 Å². The van der Waals surface area contributed by atoms with Crippen molar-refractivity contribution in [3.63, 3.8) is 0 Å². The number of sulfonamides is 1. The van der Waals surface area contributed by atoms with Crippen LogP contribution >= 0.6 is 23.2 Å². The highest BCUT2D eigenvalue weighted by molar-refractivity contribution is 7.92. The van der Waals surface area contributed by atoms with Crippen LogP contribution in [0.3, 0.4) is 0 Å². The van der Waals surface area contributed by atoms with Crippen LogP contribution in [0.15, 0.2) is 77.7 Å². The van der Waals surface area contributed by atoms with Crippen LogP contribution in [0.2, 0.25) is 10.0 Å². The first-order valence-corrected chi connectivity index (χ1v) is 16.5. The predicted octanol–water partition coefficient (Wildman–Crippen LogP) is 6.75. The van der Waals surface area contributed by atoms with E-state index in [1.807, 2.05) is 38.1 Å². The van der Waals surface area contributed by atoms with E-state index < -0.39 is 28.5 Å². The molecule has 42 heavy (non-hydrogen) atoms. The summed E-state index contributed by atoms with van der Waals surface area (Å²) in [6.45, 7) is 3.47. The van der Waals surface area contributed by atoms with E-state index in [4.69, 9.17) is 23.2 Å².